The van der Waals surface area contributed by atoms with E-state index in [0.29, 0.717) is 12.8 Å². The normalized spacial score (nSPS) is 14.5. The Balaban J connectivity index is 2.12. The summed E-state index contributed by atoms with van der Waals surface area (Å²) >= 11 is 0. The van der Waals surface area contributed by atoms with Gasteiger partial charge in [-0.25, -0.2) is 0 Å². The van der Waals surface area contributed by atoms with E-state index in [1.807, 2.05) is 32.3 Å². The SMILES string of the molecule is COC(=O)CCC(c1ccc2c(c1)OCO2)N(C)C. The van der Waals surface area contributed by atoms with Gasteiger partial charge in [0.25, 0.3) is 0 Å². The summed E-state index contributed by atoms with van der Waals surface area (Å²) in [6.07, 6.45) is 1.10. The average molecular weight is 265 g/mol. The molecule has 0 aliphatic carbocycles. The first-order chi connectivity index (χ1) is 9.11. The molecule has 1 atom stereocenters. The Hall–Kier alpha value is -1.75. The molecule has 0 bridgehead atoms. The van der Waals surface area contributed by atoms with Crippen LogP contribution in [0.25, 0.3) is 0 Å². The number of ether oxygens (including phenoxy) is 3. The summed E-state index contributed by atoms with van der Waals surface area (Å²) < 4.78 is 15.4. The van der Waals surface area contributed by atoms with Gasteiger partial charge in [0.2, 0.25) is 6.79 Å². The molecule has 0 saturated carbocycles. The predicted molar refractivity (Wildman–Crippen MR) is 70.2 cm³/mol. The van der Waals surface area contributed by atoms with Gasteiger partial charge in [0.15, 0.2) is 11.5 Å². The lowest BCUT2D eigenvalue weighted by Crippen LogP contribution is -2.21. The Morgan fingerprint density at radius 1 is 1.37 bits per heavy atom. The lowest BCUT2D eigenvalue weighted by atomic mass is 10.0. The smallest absolute Gasteiger partial charge is 0.305 e. The van der Waals surface area contributed by atoms with E-state index >= 15 is 0 Å². The second kappa shape index (κ2) is 5.93. The Labute approximate surface area is 113 Å². The maximum Gasteiger partial charge on any atom is 0.305 e. The molecule has 19 heavy (non-hydrogen) atoms. The summed E-state index contributed by atoms with van der Waals surface area (Å²) in [6, 6.07) is 6.04. The van der Waals surface area contributed by atoms with Crippen molar-refractivity contribution in [1.82, 2.24) is 4.90 Å². The van der Waals surface area contributed by atoms with Crippen molar-refractivity contribution in [3.63, 3.8) is 0 Å². The maximum atomic E-state index is 11.3. The number of nitrogens with zero attached hydrogens (tertiary/aromatic N) is 1. The molecule has 0 radical (unpaired) electrons. The molecule has 0 fully saturated rings. The fourth-order valence-electron chi connectivity index (χ4n) is 2.20. The molecular formula is C14H19NO4. The van der Waals surface area contributed by atoms with Gasteiger partial charge in [-0.2, -0.15) is 0 Å². The summed E-state index contributed by atoms with van der Waals surface area (Å²) in [5, 5.41) is 0. The van der Waals surface area contributed by atoms with E-state index in [0.717, 1.165) is 17.1 Å². The van der Waals surface area contributed by atoms with Crippen molar-refractivity contribution in [2.24, 2.45) is 0 Å². The van der Waals surface area contributed by atoms with E-state index in [1.165, 1.54) is 7.11 Å². The van der Waals surface area contributed by atoms with E-state index in [4.69, 9.17) is 9.47 Å². The van der Waals surface area contributed by atoms with Gasteiger partial charge in [0.05, 0.1) is 7.11 Å². The minimum Gasteiger partial charge on any atom is -0.469 e. The minimum absolute atomic E-state index is 0.147. The molecule has 1 heterocycles. The zero-order chi connectivity index (χ0) is 13.8. The number of benzene rings is 1. The van der Waals surface area contributed by atoms with Crippen LogP contribution in [0.4, 0.5) is 0 Å². The Kier molecular flexibility index (Phi) is 4.27. The molecule has 5 nitrogen and oxygen atoms in total. The number of methoxy groups -OCH3 is 1. The minimum atomic E-state index is -0.187. The van der Waals surface area contributed by atoms with Gasteiger partial charge in [-0.15, -0.1) is 0 Å². The monoisotopic (exact) mass is 265 g/mol. The van der Waals surface area contributed by atoms with Crippen molar-refractivity contribution in [2.75, 3.05) is 28.0 Å². The van der Waals surface area contributed by atoms with Crippen LogP contribution in [-0.4, -0.2) is 38.9 Å². The van der Waals surface area contributed by atoms with Gasteiger partial charge in [-0.1, -0.05) is 6.07 Å². The van der Waals surface area contributed by atoms with E-state index in [-0.39, 0.29) is 18.8 Å². The molecule has 104 valence electrons. The van der Waals surface area contributed by atoms with E-state index in [9.17, 15) is 4.79 Å². The summed E-state index contributed by atoms with van der Waals surface area (Å²) in [7, 11) is 5.40. The highest BCUT2D eigenvalue weighted by atomic mass is 16.7. The molecule has 0 saturated heterocycles. The number of hydrogen-bond donors (Lipinski definition) is 0. The van der Waals surface area contributed by atoms with Crippen LogP contribution in [0.3, 0.4) is 0 Å². The second-order valence-corrected chi connectivity index (χ2v) is 4.71. The first kappa shape index (κ1) is 13.7. The summed E-state index contributed by atoms with van der Waals surface area (Å²) in [5.41, 5.74) is 1.11. The van der Waals surface area contributed by atoms with Crippen LogP contribution in [0.1, 0.15) is 24.4 Å². The fourth-order valence-corrected chi connectivity index (χ4v) is 2.20. The molecule has 0 aromatic heterocycles. The van der Waals surface area contributed by atoms with Crippen LogP contribution in [0.2, 0.25) is 0 Å². The van der Waals surface area contributed by atoms with Crippen molar-refractivity contribution in [3.05, 3.63) is 23.8 Å². The third kappa shape index (κ3) is 3.17. The van der Waals surface area contributed by atoms with Gasteiger partial charge in [-0.3, -0.25) is 4.79 Å². The van der Waals surface area contributed by atoms with Gasteiger partial charge in [-0.05, 0) is 38.2 Å². The molecule has 1 aromatic rings. The van der Waals surface area contributed by atoms with Gasteiger partial charge in [0.1, 0.15) is 0 Å². The van der Waals surface area contributed by atoms with Gasteiger partial charge >= 0.3 is 5.97 Å². The van der Waals surface area contributed by atoms with Crippen molar-refractivity contribution in [2.45, 2.75) is 18.9 Å². The largest absolute Gasteiger partial charge is 0.469 e. The molecule has 1 aliphatic rings. The van der Waals surface area contributed by atoms with Crippen molar-refractivity contribution >= 4 is 5.97 Å². The number of rotatable bonds is 5. The summed E-state index contributed by atoms with van der Waals surface area (Å²) in [4.78, 5) is 13.4. The third-order valence-corrected chi connectivity index (χ3v) is 3.25. The fraction of sp³-hybridized carbons (Fsp3) is 0.500. The number of carbonyl (C=O) groups excluding carboxylic acids is 1. The number of esters is 1. The van der Waals surface area contributed by atoms with Gasteiger partial charge < -0.3 is 19.1 Å². The molecular weight excluding hydrogens is 246 g/mol. The number of hydrogen-bond acceptors (Lipinski definition) is 5. The van der Waals surface area contributed by atoms with Crippen LogP contribution >= 0.6 is 0 Å². The molecule has 1 unspecified atom stereocenters. The second-order valence-electron chi connectivity index (χ2n) is 4.71. The molecule has 0 amide bonds. The molecule has 1 aliphatic heterocycles. The number of carbonyl (C=O) groups is 1. The summed E-state index contributed by atoms with van der Waals surface area (Å²) in [6.45, 7) is 0.271. The van der Waals surface area contributed by atoms with E-state index in [2.05, 4.69) is 9.64 Å². The van der Waals surface area contributed by atoms with E-state index in [1.54, 1.807) is 0 Å². The highest BCUT2D eigenvalue weighted by Crippen LogP contribution is 2.36. The third-order valence-electron chi connectivity index (χ3n) is 3.25. The Bertz CT molecular complexity index is 459. The standard InChI is InChI=1S/C14H19NO4/c1-15(2)11(5-7-14(16)17-3)10-4-6-12-13(8-10)19-9-18-12/h4,6,8,11H,5,7,9H2,1-3H3. The average Bonchev–Trinajstić information content (AvgIpc) is 2.85. The first-order valence-electron chi connectivity index (χ1n) is 6.24. The zero-order valence-electron chi connectivity index (χ0n) is 11.5. The molecule has 2 rings (SSSR count). The molecule has 0 N–H and O–H groups in total. The van der Waals surface area contributed by atoms with E-state index < -0.39 is 0 Å². The molecule has 1 aromatic carbocycles. The Morgan fingerprint density at radius 3 is 2.79 bits per heavy atom. The maximum absolute atomic E-state index is 11.3. The van der Waals surface area contributed by atoms with Gasteiger partial charge in [0, 0.05) is 12.5 Å². The first-order valence-corrected chi connectivity index (χ1v) is 6.24. The van der Waals surface area contributed by atoms with Crippen LogP contribution in [0.5, 0.6) is 11.5 Å². The van der Waals surface area contributed by atoms with Crippen LogP contribution in [0, 0.1) is 0 Å². The molecule has 0 spiro atoms. The zero-order valence-corrected chi connectivity index (χ0v) is 11.5. The van der Waals surface area contributed by atoms with Crippen LogP contribution in [0.15, 0.2) is 18.2 Å². The van der Waals surface area contributed by atoms with Crippen LogP contribution in [-0.2, 0) is 9.53 Å². The number of fused-ring (bicyclic) bond motifs is 1. The Morgan fingerprint density at radius 2 is 2.11 bits per heavy atom. The molecule has 5 heteroatoms. The quantitative estimate of drug-likeness (QED) is 0.762. The lowest BCUT2D eigenvalue weighted by molar-refractivity contribution is -0.141. The van der Waals surface area contributed by atoms with Crippen molar-refractivity contribution in [3.8, 4) is 11.5 Å². The van der Waals surface area contributed by atoms with Crippen molar-refractivity contribution in [1.29, 1.82) is 0 Å². The summed E-state index contributed by atoms with van der Waals surface area (Å²) in [5.74, 6) is 1.35. The topological polar surface area (TPSA) is 48.0 Å². The predicted octanol–water partition coefficient (Wildman–Crippen LogP) is 1.97. The lowest BCUT2D eigenvalue weighted by Gasteiger charge is -2.24. The van der Waals surface area contributed by atoms with Crippen molar-refractivity contribution < 1.29 is 19.0 Å². The highest BCUT2D eigenvalue weighted by Gasteiger charge is 2.20. The highest BCUT2D eigenvalue weighted by molar-refractivity contribution is 5.69. The van der Waals surface area contributed by atoms with Crippen LogP contribution < -0.4 is 9.47 Å².